The second-order valence-corrected chi connectivity index (χ2v) is 4.18. The molecule has 2 nitrogen and oxygen atoms in total. The van der Waals surface area contributed by atoms with Gasteiger partial charge >= 0.3 is 0 Å². The summed E-state index contributed by atoms with van der Waals surface area (Å²) in [7, 11) is 4.21. The molecule has 0 saturated heterocycles. The Morgan fingerprint density at radius 2 is 2.07 bits per heavy atom. The molecule has 2 aromatic rings. The number of aromatic nitrogens is 1. The lowest BCUT2D eigenvalue weighted by Crippen LogP contribution is -2.13. The summed E-state index contributed by atoms with van der Waals surface area (Å²) in [6.45, 7) is 1.13. The van der Waals surface area contributed by atoms with E-state index in [-0.39, 0.29) is 0 Å². The van der Waals surface area contributed by atoms with Crippen LogP contribution >= 0.6 is 0 Å². The van der Waals surface area contributed by atoms with Crippen molar-refractivity contribution in [2.24, 2.45) is 0 Å². The molecule has 0 atom stereocenters. The van der Waals surface area contributed by atoms with Gasteiger partial charge in [0, 0.05) is 22.7 Å². The van der Waals surface area contributed by atoms with E-state index in [0.717, 1.165) is 13.0 Å². The van der Waals surface area contributed by atoms with Crippen molar-refractivity contribution in [1.29, 1.82) is 0 Å². The summed E-state index contributed by atoms with van der Waals surface area (Å²) in [5, 5.41) is 1.19. The summed E-state index contributed by atoms with van der Waals surface area (Å²) in [5.41, 5.74) is 2.41. The summed E-state index contributed by atoms with van der Waals surface area (Å²) in [4.78, 5) is 5.61. The highest BCUT2D eigenvalue weighted by Gasteiger charge is 2.00. The maximum Gasteiger partial charge on any atom is 0.0462 e. The Bertz CT molecular complexity index is 396. The van der Waals surface area contributed by atoms with Crippen LogP contribution in [0.4, 0.5) is 0 Å². The summed E-state index contributed by atoms with van der Waals surface area (Å²) in [6, 6.07) is 11.7. The lowest BCUT2D eigenvalue weighted by Gasteiger charge is -2.07. The monoisotopic (exact) mass is 201 g/mol. The number of aromatic amines is 1. The van der Waals surface area contributed by atoms with Crippen LogP contribution in [-0.4, -0.2) is 30.5 Å². The molecule has 2 heteroatoms. The molecule has 0 fully saturated rings. The average molecular weight is 201 g/mol. The van der Waals surface area contributed by atoms with E-state index in [1.54, 1.807) is 0 Å². The highest BCUT2D eigenvalue weighted by Crippen LogP contribution is 2.14. The van der Waals surface area contributed by atoms with Gasteiger partial charge in [-0.05, 0) is 39.5 Å². The Kier molecular flexibility index (Phi) is 3.07. The molecular weight excluding hydrogens is 184 g/mol. The average Bonchev–Trinajstić information content (AvgIpc) is 2.59. The van der Waals surface area contributed by atoms with Crippen LogP contribution in [0.1, 0.15) is 12.1 Å². The minimum atomic E-state index is 1.08. The first-order valence-corrected chi connectivity index (χ1v) is 5.39. The van der Waals surface area contributed by atoms with Gasteiger partial charge in [-0.15, -0.1) is 0 Å². The van der Waals surface area contributed by atoms with Gasteiger partial charge < -0.3 is 9.88 Å². The van der Waals surface area contributed by atoms with Gasteiger partial charge in [0.2, 0.25) is 0 Å². The first kappa shape index (κ1) is 10.2. The Morgan fingerprint density at radius 3 is 2.80 bits per heavy atom. The second-order valence-electron chi connectivity index (χ2n) is 4.18. The number of hydrogen-bond donors (Lipinski definition) is 1. The predicted molar refractivity (Wildman–Crippen MR) is 64.0 cm³/mol. The Labute approximate surface area is 90.9 Å². The molecule has 2 rings (SSSR count). The minimum absolute atomic E-state index is 1.08. The first-order chi connectivity index (χ1) is 7.25. The number of fused-ring (bicyclic) bond motifs is 1. The normalized spacial score (nSPS) is 11.4. The van der Waals surface area contributed by atoms with Crippen molar-refractivity contribution in [3.05, 3.63) is 36.0 Å². The predicted octanol–water partition coefficient (Wildman–Crippen LogP) is 2.46. The van der Waals surface area contributed by atoms with Crippen LogP contribution in [0.2, 0.25) is 0 Å². The van der Waals surface area contributed by atoms with Crippen LogP contribution < -0.4 is 0 Å². The van der Waals surface area contributed by atoms with E-state index in [1.807, 2.05) is 0 Å². The maximum absolute atomic E-state index is 3.40. The summed E-state index contributed by atoms with van der Waals surface area (Å²) in [6.07, 6.45) is 2.25. The number of nitrogens with zero attached hydrogens (tertiary/aromatic N) is 1. The standard InChI is InChI=1S/C13H17N2/c1-15(2)9-5-7-12-10-11-6-3-4-8-13(11)14-12/h3-4,6,8,14H,5,7,9H2,1-2H3. The minimum Gasteiger partial charge on any atom is -0.358 e. The molecule has 0 bridgehead atoms. The molecule has 0 aliphatic carbocycles. The number of H-pyrrole nitrogens is 1. The molecule has 0 aliphatic heterocycles. The summed E-state index contributed by atoms with van der Waals surface area (Å²) >= 11 is 0. The molecule has 0 aliphatic rings. The molecular formula is C13H17N2. The van der Waals surface area contributed by atoms with Crippen LogP contribution in [-0.2, 0) is 6.42 Å². The van der Waals surface area contributed by atoms with E-state index < -0.39 is 0 Å². The zero-order valence-electron chi connectivity index (χ0n) is 9.38. The number of para-hydroxylation sites is 1. The molecule has 1 aromatic carbocycles. The number of rotatable bonds is 4. The molecule has 0 amide bonds. The highest BCUT2D eigenvalue weighted by atomic mass is 15.0. The second kappa shape index (κ2) is 4.49. The number of benzene rings is 1. The van der Waals surface area contributed by atoms with E-state index >= 15 is 0 Å². The Balaban J connectivity index is 2.03. The van der Waals surface area contributed by atoms with Crippen molar-refractivity contribution in [3.63, 3.8) is 0 Å². The molecule has 79 valence electrons. The molecule has 0 saturated carbocycles. The van der Waals surface area contributed by atoms with Crippen LogP contribution in [0.3, 0.4) is 0 Å². The molecule has 1 N–H and O–H groups in total. The van der Waals surface area contributed by atoms with E-state index in [4.69, 9.17) is 0 Å². The van der Waals surface area contributed by atoms with Crippen molar-refractivity contribution >= 4 is 10.9 Å². The summed E-state index contributed by atoms with van der Waals surface area (Å²) in [5.74, 6) is 0. The van der Waals surface area contributed by atoms with Crippen molar-refractivity contribution < 1.29 is 0 Å². The number of hydrogen-bond acceptors (Lipinski definition) is 1. The van der Waals surface area contributed by atoms with Gasteiger partial charge in [-0.25, -0.2) is 0 Å². The molecule has 0 unspecified atom stereocenters. The SMILES string of the molecule is CN(C)CCCc1[c]c2ccccc2[nH]1. The molecule has 1 aromatic heterocycles. The van der Waals surface area contributed by atoms with Gasteiger partial charge in [0.15, 0.2) is 0 Å². The van der Waals surface area contributed by atoms with Crippen molar-refractivity contribution in [1.82, 2.24) is 9.88 Å². The van der Waals surface area contributed by atoms with Crippen LogP contribution in [0.25, 0.3) is 10.9 Å². The van der Waals surface area contributed by atoms with Crippen LogP contribution in [0.15, 0.2) is 24.3 Å². The van der Waals surface area contributed by atoms with Crippen molar-refractivity contribution in [3.8, 4) is 0 Å². The van der Waals surface area contributed by atoms with Crippen molar-refractivity contribution in [2.45, 2.75) is 12.8 Å². The largest absolute Gasteiger partial charge is 0.358 e. The zero-order chi connectivity index (χ0) is 10.7. The van der Waals surface area contributed by atoms with Crippen LogP contribution in [0.5, 0.6) is 0 Å². The third-order valence-corrected chi connectivity index (χ3v) is 2.53. The van der Waals surface area contributed by atoms with Gasteiger partial charge in [0.1, 0.15) is 0 Å². The topological polar surface area (TPSA) is 19.0 Å². The van der Waals surface area contributed by atoms with Gasteiger partial charge in [0.25, 0.3) is 0 Å². The third-order valence-electron chi connectivity index (χ3n) is 2.53. The van der Waals surface area contributed by atoms with Gasteiger partial charge in [-0.2, -0.15) is 0 Å². The van der Waals surface area contributed by atoms with Crippen LogP contribution in [0, 0.1) is 6.07 Å². The van der Waals surface area contributed by atoms with E-state index in [2.05, 4.69) is 54.3 Å². The fourth-order valence-corrected chi connectivity index (χ4v) is 1.75. The lowest BCUT2D eigenvalue weighted by molar-refractivity contribution is 0.399. The quantitative estimate of drug-likeness (QED) is 0.805. The fourth-order valence-electron chi connectivity index (χ4n) is 1.75. The van der Waals surface area contributed by atoms with Gasteiger partial charge in [0.05, 0.1) is 0 Å². The third kappa shape index (κ3) is 2.60. The Morgan fingerprint density at radius 1 is 1.27 bits per heavy atom. The van der Waals surface area contributed by atoms with E-state index in [0.29, 0.717) is 0 Å². The molecule has 1 radical (unpaired) electrons. The maximum atomic E-state index is 3.40. The Hall–Kier alpha value is -1.28. The highest BCUT2D eigenvalue weighted by molar-refractivity contribution is 5.79. The molecule has 0 spiro atoms. The number of aryl methyl sites for hydroxylation is 1. The lowest BCUT2D eigenvalue weighted by atomic mass is 10.2. The van der Waals surface area contributed by atoms with E-state index in [1.165, 1.54) is 23.0 Å². The molecule has 1 heterocycles. The van der Waals surface area contributed by atoms with E-state index in [9.17, 15) is 0 Å². The zero-order valence-corrected chi connectivity index (χ0v) is 9.38. The van der Waals surface area contributed by atoms with Crippen molar-refractivity contribution in [2.75, 3.05) is 20.6 Å². The number of nitrogens with one attached hydrogen (secondary N) is 1. The van der Waals surface area contributed by atoms with Gasteiger partial charge in [-0.1, -0.05) is 18.2 Å². The smallest absolute Gasteiger partial charge is 0.0462 e. The fraction of sp³-hybridized carbons (Fsp3) is 0.385. The summed E-state index contributed by atoms with van der Waals surface area (Å²) < 4.78 is 0. The van der Waals surface area contributed by atoms with Gasteiger partial charge in [-0.3, -0.25) is 0 Å². The molecule has 15 heavy (non-hydrogen) atoms. The first-order valence-electron chi connectivity index (χ1n) is 5.39.